The molecule has 0 radical (unpaired) electrons. The molecule has 0 saturated heterocycles. The van der Waals surface area contributed by atoms with Crippen LogP contribution >= 0.6 is 11.3 Å². The molecule has 134 valence electrons. The standard InChI is InChI=1S/C19H17NO5S/c1-23-14-5-3-12(4-6-14)19-20-13(11-26-19)10-25-18-8-15(24-2)7-17(22)16(18)9-21/h3-9,11,22H,10H2,1-2H3. The van der Waals surface area contributed by atoms with Crippen LogP contribution in [0.3, 0.4) is 0 Å². The largest absolute Gasteiger partial charge is 0.507 e. The highest BCUT2D eigenvalue weighted by molar-refractivity contribution is 7.13. The van der Waals surface area contributed by atoms with Crippen molar-refractivity contribution in [2.24, 2.45) is 0 Å². The summed E-state index contributed by atoms with van der Waals surface area (Å²) in [6.07, 6.45) is 0.550. The van der Waals surface area contributed by atoms with E-state index in [2.05, 4.69) is 4.98 Å². The van der Waals surface area contributed by atoms with Gasteiger partial charge in [-0.3, -0.25) is 4.79 Å². The minimum Gasteiger partial charge on any atom is -0.507 e. The van der Waals surface area contributed by atoms with E-state index < -0.39 is 0 Å². The average Bonchev–Trinajstić information content (AvgIpc) is 3.15. The molecule has 0 spiro atoms. The summed E-state index contributed by atoms with van der Waals surface area (Å²) in [5.41, 5.74) is 1.78. The molecule has 0 aliphatic heterocycles. The van der Waals surface area contributed by atoms with Gasteiger partial charge in [0.15, 0.2) is 6.29 Å². The number of hydrogen-bond donors (Lipinski definition) is 1. The van der Waals surface area contributed by atoms with Crippen LogP contribution in [0, 0.1) is 0 Å². The number of phenolic OH excluding ortho intramolecular Hbond substituents is 1. The van der Waals surface area contributed by atoms with Gasteiger partial charge in [-0.25, -0.2) is 4.98 Å². The van der Waals surface area contributed by atoms with Crippen molar-refractivity contribution in [3.05, 3.63) is 53.0 Å². The molecule has 3 rings (SSSR count). The molecular weight excluding hydrogens is 354 g/mol. The number of methoxy groups -OCH3 is 2. The second-order valence-electron chi connectivity index (χ2n) is 5.34. The van der Waals surface area contributed by atoms with E-state index in [4.69, 9.17) is 14.2 Å². The van der Waals surface area contributed by atoms with E-state index in [1.807, 2.05) is 29.6 Å². The normalized spacial score (nSPS) is 10.4. The molecule has 26 heavy (non-hydrogen) atoms. The van der Waals surface area contributed by atoms with Crippen LogP contribution in [-0.2, 0) is 6.61 Å². The molecule has 0 atom stereocenters. The van der Waals surface area contributed by atoms with Crippen LogP contribution in [0.5, 0.6) is 23.0 Å². The van der Waals surface area contributed by atoms with Crippen LogP contribution in [0.25, 0.3) is 10.6 Å². The number of benzene rings is 2. The maximum Gasteiger partial charge on any atom is 0.157 e. The van der Waals surface area contributed by atoms with Gasteiger partial charge in [-0.05, 0) is 24.3 Å². The number of carbonyl (C=O) groups excluding carboxylic acids is 1. The van der Waals surface area contributed by atoms with E-state index in [9.17, 15) is 9.90 Å². The van der Waals surface area contributed by atoms with Gasteiger partial charge < -0.3 is 19.3 Å². The lowest BCUT2D eigenvalue weighted by Crippen LogP contribution is -2.00. The van der Waals surface area contributed by atoms with Crippen molar-refractivity contribution in [3.8, 4) is 33.6 Å². The lowest BCUT2D eigenvalue weighted by molar-refractivity contribution is 0.111. The zero-order chi connectivity index (χ0) is 18.5. The Morgan fingerprint density at radius 3 is 2.50 bits per heavy atom. The molecule has 1 heterocycles. The van der Waals surface area contributed by atoms with E-state index >= 15 is 0 Å². The quantitative estimate of drug-likeness (QED) is 0.634. The number of hydrogen-bond acceptors (Lipinski definition) is 7. The van der Waals surface area contributed by atoms with Gasteiger partial charge >= 0.3 is 0 Å². The Balaban J connectivity index is 1.76. The lowest BCUT2D eigenvalue weighted by Gasteiger charge is -2.10. The fourth-order valence-corrected chi connectivity index (χ4v) is 3.14. The molecule has 1 aromatic heterocycles. The summed E-state index contributed by atoms with van der Waals surface area (Å²) >= 11 is 1.50. The van der Waals surface area contributed by atoms with E-state index in [-0.39, 0.29) is 23.7 Å². The summed E-state index contributed by atoms with van der Waals surface area (Å²) in [5, 5.41) is 12.6. The number of rotatable bonds is 7. The third kappa shape index (κ3) is 3.78. The molecule has 0 unspecified atom stereocenters. The van der Waals surface area contributed by atoms with Gasteiger partial charge in [-0.1, -0.05) is 0 Å². The Kier molecular flexibility index (Phi) is 5.38. The number of aromatic hydroxyl groups is 1. The molecule has 7 heteroatoms. The Hall–Kier alpha value is -3.06. The summed E-state index contributed by atoms with van der Waals surface area (Å²) in [6.45, 7) is 0.167. The Bertz CT molecular complexity index is 905. The van der Waals surface area contributed by atoms with Gasteiger partial charge in [0.05, 0.1) is 25.5 Å². The number of aldehydes is 1. The molecule has 0 aliphatic carbocycles. The lowest BCUT2D eigenvalue weighted by atomic mass is 10.2. The number of phenols is 1. The van der Waals surface area contributed by atoms with E-state index in [0.717, 1.165) is 22.0 Å². The van der Waals surface area contributed by atoms with Crippen LogP contribution < -0.4 is 14.2 Å². The van der Waals surface area contributed by atoms with Crippen LogP contribution in [0.2, 0.25) is 0 Å². The predicted molar refractivity (Wildman–Crippen MR) is 98.5 cm³/mol. The maximum atomic E-state index is 11.2. The highest BCUT2D eigenvalue weighted by atomic mass is 32.1. The molecule has 6 nitrogen and oxygen atoms in total. The Labute approximate surface area is 154 Å². The van der Waals surface area contributed by atoms with Crippen LogP contribution in [0.1, 0.15) is 16.1 Å². The third-order valence-corrected chi connectivity index (χ3v) is 4.65. The van der Waals surface area contributed by atoms with E-state index in [1.165, 1.54) is 24.5 Å². The molecule has 0 saturated carbocycles. The minimum absolute atomic E-state index is 0.0800. The molecule has 3 aromatic rings. The monoisotopic (exact) mass is 371 g/mol. The van der Waals surface area contributed by atoms with Gasteiger partial charge in [0.1, 0.15) is 34.6 Å². The molecule has 0 bridgehead atoms. The van der Waals surface area contributed by atoms with Crippen LogP contribution in [0.4, 0.5) is 0 Å². The fraction of sp³-hybridized carbons (Fsp3) is 0.158. The van der Waals surface area contributed by atoms with Crippen molar-refractivity contribution in [1.82, 2.24) is 4.98 Å². The van der Waals surface area contributed by atoms with Crippen molar-refractivity contribution in [2.45, 2.75) is 6.61 Å². The van der Waals surface area contributed by atoms with Gasteiger partial charge in [-0.15, -0.1) is 11.3 Å². The van der Waals surface area contributed by atoms with Gasteiger partial charge in [0.2, 0.25) is 0 Å². The van der Waals surface area contributed by atoms with Crippen molar-refractivity contribution in [3.63, 3.8) is 0 Å². The molecule has 0 fully saturated rings. The average molecular weight is 371 g/mol. The number of thiazole rings is 1. The van der Waals surface area contributed by atoms with E-state index in [0.29, 0.717) is 12.0 Å². The van der Waals surface area contributed by atoms with Crippen LogP contribution in [-0.4, -0.2) is 30.6 Å². The van der Waals surface area contributed by atoms with Crippen molar-refractivity contribution < 1.29 is 24.1 Å². The Morgan fingerprint density at radius 1 is 1.12 bits per heavy atom. The van der Waals surface area contributed by atoms with Crippen molar-refractivity contribution >= 4 is 17.6 Å². The summed E-state index contributed by atoms with van der Waals surface area (Å²) in [6, 6.07) is 10.5. The zero-order valence-corrected chi connectivity index (χ0v) is 15.1. The summed E-state index contributed by atoms with van der Waals surface area (Å²) in [5.74, 6) is 1.25. The highest BCUT2D eigenvalue weighted by Crippen LogP contribution is 2.33. The van der Waals surface area contributed by atoms with Crippen molar-refractivity contribution in [2.75, 3.05) is 14.2 Å². The topological polar surface area (TPSA) is 77.9 Å². The first-order valence-corrected chi connectivity index (χ1v) is 8.60. The van der Waals surface area contributed by atoms with Crippen LogP contribution in [0.15, 0.2) is 41.8 Å². The summed E-state index contributed by atoms with van der Waals surface area (Å²) in [4.78, 5) is 15.7. The van der Waals surface area contributed by atoms with Gasteiger partial charge in [-0.2, -0.15) is 0 Å². The van der Waals surface area contributed by atoms with Crippen molar-refractivity contribution in [1.29, 1.82) is 0 Å². The third-order valence-electron chi connectivity index (χ3n) is 3.71. The second-order valence-corrected chi connectivity index (χ2v) is 6.20. The Morgan fingerprint density at radius 2 is 1.85 bits per heavy atom. The maximum absolute atomic E-state index is 11.2. The predicted octanol–water partition coefficient (Wildman–Crippen LogP) is 3.92. The number of ether oxygens (including phenoxy) is 3. The fourth-order valence-electron chi connectivity index (χ4n) is 2.33. The molecule has 0 aliphatic rings. The smallest absolute Gasteiger partial charge is 0.157 e. The molecule has 0 amide bonds. The van der Waals surface area contributed by atoms with Gasteiger partial charge in [0, 0.05) is 23.1 Å². The first kappa shape index (κ1) is 17.8. The zero-order valence-electron chi connectivity index (χ0n) is 14.3. The van der Waals surface area contributed by atoms with Gasteiger partial charge in [0.25, 0.3) is 0 Å². The van der Waals surface area contributed by atoms with E-state index in [1.54, 1.807) is 13.2 Å². The molecule has 1 N–H and O–H groups in total. The second kappa shape index (κ2) is 7.88. The minimum atomic E-state index is -0.188. The first-order chi connectivity index (χ1) is 12.6. The summed E-state index contributed by atoms with van der Waals surface area (Å²) in [7, 11) is 3.10. The first-order valence-electron chi connectivity index (χ1n) is 7.72. The molecule has 2 aromatic carbocycles. The number of nitrogens with zero attached hydrogens (tertiary/aromatic N) is 1. The highest BCUT2D eigenvalue weighted by Gasteiger charge is 2.13. The summed E-state index contributed by atoms with van der Waals surface area (Å²) < 4.78 is 15.9. The number of carbonyl (C=O) groups is 1. The SMILES string of the molecule is COc1ccc(-c2nc(COc3cc(OC)cc(O)c3C=O)cs2)cc1. The molecular formula is C19H17NO5S. The number of aromatic nitrogens is 1.